The summed E-state index contributed by atoms with van der Waals surface area (Å²) >= 11 is 0. The minimum absolute atomic E-state index is 0.132. The highest BCUT2D eigenvalue weighted by molar-refractivity contribution is 7.00. The van der Waals surface area contributed by atoms with Crippen LogP contribution in [0.1, 0.15) is 38.8 Å². The summed E-state index contributed by atoms with van der Waals surface area (Å²) in [5.74, 6) is 1.50. The van der Waals surface area contributed by atoms with Gasteiger partial charge in [0.05, 0.1) is 13.2 Å². The predicted molar refractivity (Wildman–Crippen MR) is 131 cm³/mol. The van der Waals surface area contributed by atoms with Crippen molar-refractivity contribution < 1.29 is 14.3 Å². The van der Waals surface area contributed by atoms with Crippen LogP contribution in [0.25, 0.3) is 0 Å². The van der Waals surface area contributed by atoms with Crippen molar-refractivity contribution in [2.75, 3.05) is 7.11 Å². The fourth-order valence-electron chi connectivity index (χ4n) is 4.40. The molecule has 0 fully saturated rings. The SMILES string of the molecule is COc1c(O[Si](c2ccccc2)(c2ccccc2)C(C)(C)C)ccc(C[C@@H](C)O)c1C. The smallest absolute Gasteiger partial charge is 0.320 e. The van der Waals surface area contributed by atoms with E-state index in [0.29, 0.717) is 6.42 Å². The molecular weight excluding hydrogens is 400 g/mol. The third kappa shape index (κ3) is 4.55. The summed E-state index contributed by atoms with van der Waals surface area (Å²) in [7, 11) is -1.05. The largest absolute Gasteiger partial charge is 0.531 e. The van der Waals surface area contributed by atoms with Crippen LogP contribution in [0.2, 0.25) is 5.04 Å². The predicted octanol–water partition coefficient (Wildman–Crippen LogP) is 4.87. The molecule has 164 valence electrons. The zero-order chi connectivity index (χ0) is 22.6. The van der Waals surface area contributed by atoms with E-state index in [4.69, 9.17) is 9.16 Å². The number of methoxy groups -OCH3 is 1. The molecule has 3 nitrogen and oxygen atoms in total. The van der Waals surface area contributed by atoms with E-state index >= 15 is 0 Å². The van der Waals surface area contributed by atoms with Crippen molar-refractivity contribution in [3.05, 3.63) is 83.9 Å². The summed E-state index contributed by atoms with van der Waals surface area (Å²) in [6.45, 7) is 10.6. The first-order valence-electron chi connectivity index (χ1n) is 10.9. The second-order valence-corrected chi connectivity index (χ2v) is 13.4. The Morgan fingerprint density at radius 3 is 1.81 bits per heavy atom. The van der Waals surface area contributed by atoms with Gasteiger partial charge in [0.2, 0.25) is 0 Å². The molecule has 0 radical (unpaired) electrons. The van der Waals surface area contributed by atoms with Crippen molar-refractivity contribution >= 4 is 18.7 Å². The number of aliphatic hydroxyl groups excluding tert-OH is 1. The summed E-state index contributed by atoms with van der Waals surface area (Å²) < 4.78 is 13.0. The van der Waals surface area contributed by atoms with Gasteiger partial charge in [-0.1, -0.05) is 87.5 Å². The van der Waals surface area contributed by atoms with Gasteiger partial charge in [0, 0.05) is 0 Å². The van der Waals surface area contributed by atoms with Crippen LogP contribution < -0.4 is 19.5 Å². The first-order chi connectivity index (χ1) is 14.7. The van der Waals surface area contributed by atoms with Crippen LogP contribution >= 0.6 is 0 Å². The Hall–Kier alpha value is -2.56. The molecule has 3 aromatic carbocycles. The van der Waals surface area contributed by atoms with E-state index in [9.17, 15) is 5.11 Å². The lowest BCUT2D eigenvalue weighted by Gasteiger charge is -2.43. The summed E-state index contributed by atoms with van der Waals surface area (Å²) in [4.78, 5) is 0. The Bertz CT molecular complexity index is 953. The molecule has 3 rings (SSSR count). The second-order valence-electron chi connectivity index (χ2n) is 9.20. The van der Waals surface area contributed by atoms with Gasteiger partial charge in [-0.25, -0.2) is 0 Å². The fourth-order valence-corrected chi connectivity index (χ4v) is 8.82. The van der Waals surface area contributed by atoms with Crippen LogP contribution in [0, 0.1) is 6.92 Å². The zero-order valence-corrected chi connectivity index (χ0v) is 20.5. The highest BCUT2D eigenvalue weighted by atomic mass is 28.4. The van der Waals surface area contributed by atoms with E-state index in [1.165, 1.54) is 10.4 Å². The highest BCUT2D eigenvalue weighted by Crippen LogP contribution is 2.41. The van der Waals surface area contributed by atoms with Crippen LogP contribution in [-0.2, 0) is 6.42 Å². The average molecular weight is 435 g/mol. The number of hydrogen-bond acceptors (Lipinski definition) is 3. The summed E-state index contributed by atoms with van der Waals surface area (Å²) in [5, 5.41) is 12.2. The molecule has 0 amide bonds. The number of aliphatic hydroxyl groups is 1. The topological polar surface area (TPSA) is 38.7 Å². The van der Waals surface area contributed by atoms with E-state index in [1.54, 1.807) is 14.0 Å². The normalized spacial score (nSPS) is 13.0. The molecule has 31 heavy (non-hydrogen) atoms. The van der Waals surface area contributed by atoms with Crippen LogP contribution in [0.5, 0.6) is 11.5 Å². The minimum atomic E-state index is -2.74. The molecule has 1 N–H and O–H groups in total. The van der Waals surface area contributed by atoms with E-state index in [-0.39, 0.29) is 5.04 Å². The number of ether oxygens (including phenoxy) is 1. The lowest BCUT2D eigenvalue weighted by Crippen LogP contribution is -2.68. The van der Waals surface area contributed by atoms with Crippen LogP contribution in [0.3, 0.4) is 0 Å². The van der Waals surface area contributed by atoms with E-state index in [1.807, 2.05) is 25.1 Å². The van der Waals surface area contributed by atoms with Crippen molar-refractivity contribution in [2.24, 2.45) is 0 Å². The quantitative estimate of drug-likeness (QED) is 0.540. The Labute approximate surface area is 187 Å². The van der Waals surface area contributed by atoms with Gasteiger partial charge >= 0.3 is 8.32 Å². The molecule has 0 heterocycles. The standard InChI is InChI=1S/C27H34O3Si/c1-20(28)19-22-17-18-25(26(29-6)21(22)2)30-31(27(3,4)5,23-13-9-7-10-14-23)24-15-11-8-12-16-24/h7-18,20,28H,19H2,1-6H3/t20-/m1/s1. The van der Waals surface area contributed by atoms with Gasteiger partial charge in [0.1, 0.15) is 5.75 Å². The van der Waals surface area contributed by atoms with Gasteiger partial charge in [0.15, 0.2) is 5.75 Å². The van der Waals surface area contributed by atoms with Crippen molar-refractivity contribution in [1.29, 1.82) is 0 Å². The van der Waals surface area contributed by atoms with E-state index < -0.39 is 14.4 Å². The molecule has 0 aliphatic rings. The van der Waals surface area contributed by atoms with Crippen molar-refractivity contribution in [2.45, 2.75) is 52.2 Å². The van der Waals surface area contributed by atoms with E-state index in [0.717, 1.165) is 22.6 Å². The van der Waals surface area contributed by atoms with Gasteiger partial charge < -0.3 is 14.3 Å². The van der Waals surface area contributed by atoms with Crippen LogP contribution in [-0.4, -0.2) is 26.6 Å². The molecule has 0 spiro atoms. The molecule has 0 saturated heterocycles. The molecule has 0 unspecified atom stereocenters. The average Bonchev–Trinajstić information content (AvgIpc) is 2.74. The van der Waals surface area contributed by atoms with Crippen LogP contribution in [0.4, 0.5) is 0 Å². The maximum atomic E-state index is 9.89. The molecule has 0 aliphatic heterocycles. The molecule has 4 heteroatoms. The second kappa shape index (κ2) is 9.29. The van der Waals surface area contributed by atoms with Crippen LogP contribution in [0.15, 0.2) is 72.8 Å². The monoisotopic (exact) mass is 434 g/mol. The lowest BCUT2D eigenvalue weighted by molar-refractivity contribution is 0.195. The third-order valence-electron chi connectivity index (χ3n) is 5.88. The zero-order valence-electron chi connectivity index (χ0n) is 19.5. The molecule has 0 aromatic heterocycles. The maximum Gasteiger partial charge on any atom is 0.320 e. The molecule has 0 bridgehead atoms. The molecule has 3 aromatic rings. The van der Waals surface area contributed by atoms with Gasteiger partial charge in [-0.15, -0.1) is 0 Å². The molecule has 0 aliphatic carbocycles. The first-order valence-corrected chi connectivity index (χ1v) is 12.8. The fraction of sp³-hybridized carbons (Fsp3) is 0.333. The van der Waals surface area contributed by atoms with Crippen molar-refractivity contribution in [3.63, 3.8) is 0 Å². The molecule has 1 atom stereocenters. The number of rotatable bonds is 7. The van der Waals surface area contributed by atoms with Gasteiger partial charge in [0.25, 0.3) is 0 Å². The van der Waals surface area contributed by atoms with E-state index in [2.05, 4.69) is 75.4 Å². The number of benzene rings is 3. The molecule has 0 saturated carbocycles. The van der Waals surface area contributed by atoms with Gasteiger partial charge in [-0.05, 0) is 52.9 Å². The highest BCUT2D eigenvalue weighted by Gasteiger charge is 2.52. The van der Waals surface area contributed by atoms with Gasteiger partial charge in [-0.3, -0.25) is 0 Å². The third-order valence-corrected chi connectivity index (χ3v) is 10.8. The Balaban J connectivity index is 2.24. The summed E-state index contributed by atoms with van der Waals surface area (Å²) in [6, 6.07) is 25.2. The summed E-state index contributed by atoms with van der Waals surface area (Å²) in [6.07, 6.45) is 0.175. The minimum Gasteiger partial charge on any atom is -0.531 e. The van der Waals surface area contributed by atoms with Gasteiger partial charge in [-0.2, -0.15) is 0 Å². The summed E-state index contributed by atoms with van der Waals surface area (Å²) in [5.41, 5.74) is 2.08. The molecular formula is C27H34O3Si. The first kappa shape index (κ1) is 23.1. The lowest BCUT2D eigenvalue weighted by atomic mass is 10.0. The Morgan fingerprint density at radius 2 is 1.39 bits per heavy atom. The van der Waals surface area contributed by atoms with Crippen molar-refractivity contribution in [1.82, 2.24) is 0 Å². The Morgan fingerprint density at radius 1 is 0.871 bits per heavy atom. The number of hydrogen-bond donors (Lipinski definition) is 1. The maximum absolute atomic E-state index is 9.89. The Kier molecular flexibility index (Phi) is 6.92. The van der Waals surface area contributed by atoms with Crippen molar-refractivity contribution in [3.8, 4) is 11.5 Å².